The summed E-state index contributed by atoms with van der Waals surface area (Å²) in [7, 11) is 0. The first-order chi connectivity index (χ1) is 15.2. The van der Waals surface area contributed by atoms with E-state index in [1.165, 1.54) is 6.92 Å². The zero-order valence-electron chi connectivity index (χ0n) is 18.9. The molecular weight excluding hydrogens is 432 g/mol. The number of benzene rings is 1. The Morgan fingerprint density at radius 1 is 1.09 bits per heavy atom. The number of Topliss-reactive ketones (excluding diaryl/α,β-unsaturated/α-hetero) is 1. The first kappa shape index (κ1) is 27.3. The minimum Gasteiger partial charge on any atom is -0.350 e. The maximum Gasteiger partial charge on any atom is 0.246 e. The molecule has 0 unspecified atom stereocenters. The van der Waals surface area contributed by atoms with Crippen molar-refractivity contribution in [2.75, 3.05) is 0 Å². The molecule has 9 heteroatoms. The Morgan fingerprint density at radius 3 is 2.19 bits per heavy atom. The fraction of sp³-hybridized carbons (Fsp3) is 0.522. The molecule has 32 heavy (non-hydrogen) atoms. The van der Waals surface area contributed by atoms with Gasteiger partial charge in [-0.1, -0.05) is 50.4 Å². The lowest BCUT2D eigenvalue weighted by Crippen LogP contribution is -2.61. The molecule has 0 spiro atoms. The van der Waals surface area contributed by atoms with E-state index in [9.17, 15) is 19.2 Å². The first-order valence-electron chi connectivity index (χ1n) is 10.8. The molecule has 0 aliphatic carbocycles. The van der Waals surface area contributed by atoms with Crippen LogP contribution in [0.5, 0.6) is 0 Å². The third-order valence-corrected chi connectivity index (χ3v) is 5.30. The molecule has 0 saturated heterocycles. The highest BCUT2D eigenvalue weighted by Gasteiger charge is 2.39. The van der Waals surface area contributed by atoms with Gasteiger partial charge in [-0.05, 0) is 37.0 Å². The highest BCUT2D eigenvalue weighted by Crippen LogP contribution is 2.21. The molecule has 0 aromatic heterocycles. The summed E-state index contributed by atoms with van der Waals surface area (Å²) >= 11 is 5.88. The number of carbonyl (C=O) groups is 4. The molecule has 0 fully saturated rings. The Kier molecular flexibility index (Phi) is 11.6. The Bertz CT molecular complexity index is 805. The van der Waals surface area contributed by atoms with E-state index in [1.807, 2.05) is 13.8 Å². The van der Waals surface area contributed by atoms with E-state index in [1.54, 1.807) is 24.3 Å². The van der Waals surface area contributed by atoms with Crippen molar-refractivity contribution in [1.82, 2.24) is 16.0 Å². The predicted octanol–water partition coefficient (Wildman–Crippen LogP) is 2.91. The van der Waals surface area contributed by atoms with Crippen LogP contribution in [0.4, 0.5) is 0 Å². The van der Waals surface area contributed by atoms with E-state index < -0.39 is 29.2 Å². The fourth-order valence-corrected chi connectivity index (χ4v) is 3.69. The second kappa shape index (κ2) is 13.6. The summed E-state index contributed by atoms with van der Waals surface area (Å²) in [5.41, 5.74) is -0.303. The number of rotatable bonds is 14. The highest BCUT2D eigenvalue weighted by atomic mass is 35.5. The van der Waals surface area contributed by atoms with Crippen LogP contribution < -0.4 is 16.0 Å². The summed E-state index contributed by atoms with van der Waals surface area (Å²) in [6.45, 7) is 5.41. The van der Waals surface area contributed by atoms with E-state index in [4.69, 9.17) is 17.0 Å². The monoisotopic (exact) mass is 464 g/mol. The van der Waals surface area contributed by atoms with Crippen molar-refractivity contribution in [2.45, 2.75) is 77.4 Å². The van der Waals surface area contributed by atoms with Gasteiger partial charge < -0.3 is 21.4 Å². The van der Waals surface area contributed by atoms with Gasteiger partial charge in [-0.15, -0.1) is 0 Å². The Morgan fingerprint density at radius 2 is 1.69 bits per heavy atom. The lowest BCUT2D eigenvalue weighted by Gasteiger charge is -2.34. The molecule has 0 aliphatic heterocycles. The molecule has 0 radical (unpaired) electrons. The number of ketones is 1. The second-order valence-corrected chi connectivity index (χ2v) is 8.22. The number of amides is 3. The zero-order chi connectivity index (χ0) is 24.1. The van der Waals surface area contributed by atoms with Crippen LogP contribution in [0, 0.1) is 5.41 Å². The lowest BCUT2D eigenvalue weighted by atomic mass is 9.86. The molecule has 1 aromatic carbocycles. The SMILES string of the molecule is CCCC(CCC)(NC(C)=O)C(=O)N[C@@H](CCC(=O)C=N)C(=O)NCc1ccc(Cl)cc1. The average Bonchev–Trinajstić information content (AvgIpc) is 2.75. The van der Waals surface area contributed by atoms with Gasteiger partial charge in [0.05, 0.1) is 6.21 Å². The van der Waals surface area contributed by atoms with Crippen LogP contribution >= 0.6 is 11.6 Å². The van der Waals surface area contributed by atoms with Gasteiger partial charge in [0, 0.05) is 24.9 Å². The molecule has 0 bridgehead atoms. The summed E-state index contributed by atoms with van der Waals surface area (Å²) in [6, 6.07) is 5.99. The molecule has 1 atom stereocenters. The van der Waals surface area contributed by atoms with Crippen molar-refractivity contribution >= 4 is 41.3 Å². The van der Waals surface area contributed by atoms with Gasteiger partial charge in [-0.25, -0.2) is 0 Å². The van der Waals surface area contributed by atoms with Gasteiger partial charge in [0.15, 0.2) is 5.78 Å². The average molecular weight is 465 g/mol. The smallest absolute Gasteiger partial charge is 0.246 e. The number of nitrogens with one attached hydrogen (secondary N) is 4. The van der Waals surface area contributed by atoms with E-state index >= 15 is 0 Å². The van der Waals surface area contributed by atoms with Gasteiger partial charge in [0.25, 0.3) is 0 Å². The van der Waals surface area contributed by atoms with Gasteiger partial charge in [0.1, 0.15) is 11.6 Å². The van der Waals surface area contributed by atoms with Crippen molar-refractivity contribution in [3.63, 3.8) is 0 Å². The normalized spacial score (nSPS) is 11.9. The quantitative estimate of drug-likeness (QED) is 0.315. The van der Waals surface area contributed by atoms with Crippen molar-refractivity contribution in [3.05, 3.63) is 34.9 Å². The third-order valence-electron chi connectivity index (χ3n) is 5.05. The van der Waals surface area contributed by atoms with E-state index in [2.05, 4.69) is 16.0 Å². The van der Waals surface area contributed by atoms with Gasteiger partial charge in [-0.2, -0.15) is 0 Å². The second-order valence-electron chi connectivity index (χ2n) is 7.78. The summed E-state index contributed by atoms with van der Waals surface area (Å²) < 4.78 is 0. The van der Waals surface area contributed by atoms with Crippen molar-refractivity contribution in [3.8, 4) is 0 Å². The van der Waals surface area contributed by atoms with Crippen molar-refractivity contribution in [2.24, 2.45) is 0 Å². The van der Waals surface area contributed by atoms with Crippen LogP contribution in [0.1, 0.15) is 64.9 Å². The van der Waals surface area contributed by atoms with Gasteiger partial charge in [0.2, 0.25) is 17.7 Å². The summed E-state index contributed by atoms with van der Waals surface area (Å²) in [6.07, 6.45) is 2.84. The minimum atomic E-state index is -1.13. The van der Waals surface area contributed by atoms with Crippen LogP contribution in [0.3, 0.4) is 0 Å². The largest absolute Gasteiger partial charge is 0.350 e. The molecule has 176 valence electrons. The molecular formula is C23H33ClN4O4. The molecule has 0 aliphatic rings. The fourth-order valence-electron chi connectivity index (χ4n) is 3.56. The third kappa shape index (κ3) is 8.78. The summed E-state index contributed by atoms with van der Waals surface area (Å²) in [5.74, 6) is -1.67. The maximum absolute atomic E-state index is 13.3. The van der Waals surface area contributed by atoms with Crippen LogP contribution in [-0.4, -0.2) is 41.3 Å². The van der Waals surface area contributed by atoms with Gasteiger partial charge >= 0.3 is 0 Å². The maximum atomic E-state index is 13.3. The molecule has 8 nitrogen and oxygen atoms in total. The van der Waals surface area contributed by atoms with E-state index in [0.29, 0.717) is 36.9 Å². The molecule has 4 N–H and O–H groups in total. The molecule has 1 aromatic rings. The van der Waals surface area contributed by atoms with Crippen LogP contribution in [-0.2, 0) is 25.7 Å². The van der Waals surface area contributed by atoms with Crippen LogP contribution in [0.15, 0.2) is 24.3 Å². The van der Waals surface area contributed by atoms with Crippen molar-refractivity contribution < 1.29 is 19.2 Å². The van der Waals surface area contributed by atoms with E-state index in [-0.39, 0.29) is 25.3 Å². The number of halogens is 1. The van der Waals surface area contributed by atoms with Gasteiger partial charge in [-0.3, -0.25) is 19.2 Å². The molecule has 3 amide bonds. The van der Waals surface area contributed by atoms with Crippen molar-refractivity contribution in [1.29, 1.82) is 5.41 Å². The Hall–Kier alpha value is -2.74. The highest BCUT2D eigenvalue weighted by molar-refractivity contribution is 6.30. The standard InChI is InChI=1S/C23H33ClN4O4/c1-4-12-23(13-5-2,28-16(3)29)22(32)27-20(11-10-19(30)14-25)21(31)26-15-17-6-8-18(24)9-7-17/h6-9,14,20,25H,4-5,10-13,15H2,1-3H3,(H,26,31)(H,27,32)(H,28,29)/t20-/m0/s1. The number of hydrogen-bond acceptors (Lipinski definition) is 5. The predicted molar refractivity (Wildman–Crippen MR) is 125 cm³/mol. The minimum absolute atomic E-state index is 0.0425. The molecule has 1 rings (SSSR count). The number of carbonyl (C=O) groups excluding carboxylic acids is 4. The zero-order valence-corrected chi connectivity index (χ0v) is 19.7. The summed E-state index contributed by atoms with van der Waals surface area (Å²) in [4.78, 5) is 49.6. The van der Waals surface area contributed by atoms with E-state index in [0.717, 1.165) is 5.56 Å². The van der Waals surface area contributed by atoms with Crippen LogP contribution in [0.2, 0.25) is 5.02 Å². The summed E-state index contributed by atoms with van der Waals surface area (Å²) in [5, 5.41) is 16.0. The van der Waals surface area contributed by atoms with Crippen LogP contribution in [0.25, 0.3) is 0 Å². The molecule has 0 saturated carbocycles. The Labute approximate surface area is 194 Å². The lowest BCUT2D eigenvalue weighted by molar-refractivity contribution is -0.136. The first-order valence-corrected chi connectivity index (χ1v) is 11.2. The molecule has 0 heterocycles. The topological polar surface area (TPSA) is 128 Å². The Balaban J connectivity index is 3.02. The number of hydrogen-bond donors (Lipinski definition) is 4.